The minimum Gasteiger partial charge on any atom is -0.396 e. The van der Waals surface area contributed by atoms with Gasteiger partial charge in [-0.05, 0) is 47.8 Å². The molecule has 0 saturated carbocycles. The Bertz CT molecular complexity index is 496. The zero-order valence-electron chi connectivity index (χ0n) is 10.6. The molecule has 0 aliphatic carbocycles. The average Bonchev–Trinajstić information content (AvgIpc) is 2.33. The second-order valence-corrected chi connectivity index (χ2v) is 5.58. The van der Waals surface area contributed by atoms with Gasteiger partial charge in [0.25, 0.3) is 5.91 Å². The van der Waals surface area contributed by atoms with Crippen LogP contribution >= 0.6 is 15.9 Å². The molecule has 6 heteroatoms. The summed E-state index contributed by atoms with van der Waals surface area (Å²) in [4.78, 5) is 12.1. The summed E-state index contributed by atoms with van der Waals surface area (Å²) in [5, 5.41) is 2.93. The topological polar surface area (TPSA) is 64.4 Å². The molecular formula is C13H16BrFN2O2. The Morgan fingerprint density at radius 2 is 2.32 bits per heavy atom. The second-order valence-electron chi connectivity index (χ2n) is 4.73. The Kier molecular flexibility index (Phi) is 4.42. The van der Waals surface area contributed by atoms with E-state index in [1.807, 2.05) is 6.92 Å². The van der Waals surface area contributed by atoms with Crippen molar-refractivity contribution < 1.29 is 13.9 Å². The van der Waals surface area contributed by atoms with Crippen LogP contribution in [0.5, 0.6) is 0 Å². The lowest BCUT2D eigenvalue weighted by Gasteiger charge is -2.28. The minimum absolute atomic E-state index is 0.0336. The van der Waals surface area contributed by atoms with Crippen molar-refractivity contribution in [2.75, 3.05) is 12.3 Å². The smallest absolute Gasteiger partial charge is 0.252 e. The standard InChI is InChI=1S/C13H16BrFN2O2/c1-7-4-8(2-3-19-7)17-13(18)9-5-12(16)11(15)6-10(9)14/h5-8H,2-4,16H2,1H3,(H,17,18). The molecule has 2 rings (SSSR count). The van der Waals surface area contributed by atoms with Gasteiger partial charge >= 0.3 is 0 Å². The molecule has 0 bridgehead atoms. The molecule has 1 aliphatic rings. The highest BCUT2D eigenvalue weighted by Gasteiger charge is 2.22. The molecule has 4 nitrogen and oxygen atoms in total. The van der Waals surface area contributed by atoms with E-state index in [-0.39, 0.29) is 23.7 Å². The number of nitrogens with two attached hydrogens (primary N) is 1. The van der Waals surface area contributed by atoms with Crippen molar-refractivity contribution in [3.63, 3.8) is 0 Å². The van der Waals surface area contributed by atoms with Gasteiger partial charge in [-0.2, -0.15) is 0 Å². The number of halogens is 2. The highest BCUT2D eigenvalue weighted by molar-refractivity contribution is 9.10. The summed E-state index contributed by atoms with van der Waals surface area (Å²) >= 11 is 3.18. The molecule has 2 unspecified atom stereocenters. The van der Waals surface area contributed by atoms with Gasteiger partial charge in [-0.25, -0.2) is 4.39 Å². The zero-order valence-corrected chi connectivity index (χ0v) is 12.2. The lowest BCUT2D eigenvalue weighted by Crippen LogP contribution is -2.41. The Hall–Kier alpha value is -1.14. The molecule has 0 spiro atoms. The van der Waals surface area contributed by atoms with Crippen LogP contribution in [0.3, 0.4) is 0 Å². The van der Waals surface area contributed by atoms with Crippen LogP contribution in [0.25, 0.3) is 0 Å². The Balaban J connectivity index is 2.09. The van der Waals surface area contributed by atoms with Crippen molar-refractivity contribution in [1.82, 2.24) is 5.32 Å². The third-order valence-corrected chi connectivity index (χ3v) is 3.81. The van der Waals surface area contributed by atoms with E-state index in [9.17, 15) is 9.18 Å². The summed E-state index contributed by atoms with van der Waals surface area (Å²) in [6.45, 7) is 2.61. The lowest BCUT2D eigenvalue weighted by atomic mass is 10.0. The number of nitrogens with one attached hydrogen (secondary N) is 1. The van der Waals surface area contributed by atoms with Crippen LogP contribution < -0.4 is 11.1 Å². The van der Waals surface area contributed by atoms with Gasteiger partial charge in [0, 0.05) is 17.1 Å². The van der Waals surface area contributed by atoms with E-state index in [0.29, 0.717) is 16.6 Å². The third-order valence-electron chi connectivity index (χ3n) is 3.15. The molecular weight excluding hydrogens is 315 g/mol. The van der Waals surface area contributed by atoms with Gasteiger partial charge in [0.2, 0.25) is 0 Å². The first-order valence-corrected chi connectivity index (χ1v) is 6.93. The molecule has 1 fully saturated rings. The van der Waals surface area contributed by atoms with Crippen LogP contribution in [0, 0.1) is 5.82 Å². The molecule has 0 radical (unpaired) electrons. The van der Waals surface area contributed by atoms with Crippen LogP contribution in [0.4, 0.5) is 10.1 Å². The number of carbonyl (C=O) groups is 1. The van der Waals surface area contributed by atoms with E-state index in [4.69, 9.17) is 10.5 Å². The fourth-order valence-corrected chi connectivity index (χ4v) is 2.63. The first-order valence-electron chi connectivity index (χ1n) is 6.14. The van der Waals surface area contributed by atoms with Gasteiger partial charge in [0.05, 0.1) is 17.4 Å². The number of benzene rings is 1. The lowest BCUT2D eigenvalue weighted by molar-refractivity contribution is 0.0136. The summed E-state index contributed by atoms with van der Waals surface area (Å²) in [6, 6.07) is 2.63. The summed E-state index contributed by atoms with van der Waals surface area (Å²) in [7, 11) is 0. The molecule has 1 heterocycles. The molecule has 19 heavy (non-hydrogen) atoms. The van der Waals surface area contributed by atoms with Crippen LogP contribution in [0.1, 0.15) is 30.1 Å². The maximum Gasteiger partial charge on any atom is 0.252 e. The summed E-state index contributed by atoms with van der Waals surface area (Å²) in [5.74, 6) is -0.791. The number of carbonyl (C=O) groups excluding carboxylic acids is 1. The number of anilines is 1. The molecule has 2 atom stereocenters. The summed E-state index contributed by atoms with van der Waals surface area (Å²) in [5.41, 5.74) is 5.80. The van der Waals surface area contributed by atoms with Gasteiger partial charge in [-0.3, -0.25) is 4.79 Å². The Labute approximate surface area is 119 Å². The third kappa shape index (κ3) is 3.45. The van der Waals surface area contributed by atoms with Gasteiger partial charge in [-0.1, -0.05) is 0 Å². The number of rotatable bonds is 2. The van der Waals surface area contributed by atoms with Gasteiger partial charge in [0.15, 0.2) is 0 Å². The molecule has 1 amide bonds. The van der Waals surface area contributed by atoms with E-state index >= 15 is 0 Å². The monoisotopic (exact) mass is 330 g/mol. The normalized spacial score (nSPS) is 23.1. The zero-order chi connectivity index (χ0) is 14.0. The minimum atomic E-state index is -0.539. The molecule has 1 aromatic rings. The van der Waals surface area contributed by atoms with Crippen LogP contribution in [0.2, 0.25) is 0 Å². The van der Waals surface area contributed by atoms with Crippen molar-refractivity contribution >= 4 is 27.5 Å². The molecule has 3 N–H and O–H groups in total. The fourth-order valence-electron chi connectivity index (χ4n) is 2.13. The van der Waals surface area contributed by atoms with Crippen molar-refractivity contribution in [3.8, 4) is 0 Å². The van der Waals surface area contributed by atoms with Gasteiger partial charge in [0.1, 0.15) is 5.82 Å². The Morgan fingerprint density at radius 3 is 3.00 bits per heavy atom. The maximum atomic E-state index is 13.2. The van der Waals surface area contributed by atoms with Gasteiger partial charge < -0.3 is 15.8 Å². The quantitative estimate of drug-likeness (QED) is 0.819. The molecule has 1 saturated heterocycles. The summed E-state index contributed by atoms with van der Waals surface area (Å²) < 4.78 is 19.1. The molecule has 1 aliphatic heterocycles. The molecule has 1 aromatic carbocycles. The second kappa shape index (κ2) is 5.88. The average molecular weight is 331 g/mol. The largest absolute Gasteiger partial charge is 0.396 e. The molecule has 104 valence electrons. The highest BCUT2D eigenvalue weighted by Crippen LogP contribution is 2.23. The van der Waals surface area contributed by atoms with Crippen molar-refractivity contribution in [2.45, 2.75) is 31.9 Å². The van der Waals surface area contributed by atoms with Crippen molar-refractivity contribution in [2.24, 2.45) is 0 Å². The number of hydrogen-bond donors (Lipinski definition) is 2. The maximum absolute atomic E-state index is 13.2. The first-order chi connectivity index (χ1) is 8.97. The van der Waals surface area contributed by atoms with E-state index in [2.05, 4.69) is 21.2 Å². The van der Waals surface area contributed by atoms with E-state index < -0.39 is 5.82 Å². The SMILES string of the molecule is CC1CC(NC(=O)c2cc(N)c(F)cc2Br)CCO1. The number of hydrogen-bond acceptors (Lipinski definition) is 3. The van der Waals surface area contributed by atoms with Crippen LogP contribution in [-0.4, -0.2) is 24.7 Å². The fraction of sp³-hybridized carbons (Fsp3) is 0.462. The number of nitrogen functional groups attached to an aromatic ring is 1. The van der Waals surface area contributed by atoms with E-state index in [1.54, 1.807) is 0 Å². The van der Waals surface area contributed by atoms with Gasteiger partial charge in [-0.15, -0.1) is 0 Å². The predicted molar refractivity (Wildman–Crippen MR) is 74.4 cm³/mol. The van der Waals surface area contributed by atoms with E-state index in [1.165, 1.54) is 12.1 Å². The van der Waals surface area contributed by atoms with E-state index in [0.717, 1.165) is 12.8 Å². The van der Waals surface area contributed by atoms with Crippen LogP contribution in [0.15, 0.2) is 16.6 Å². The number of ether oxygens (including phenoxy) is 1. The highest BCUT2D eigenvalue weighted by atomic mass is 79.9. The first kappa shape index (κ1) is 14.3. The predicted octanol–water partition coefficient (Wildman–Crippen LogP) is 2.47. The summed E-state index contributed by atoms with van der Waals surface area (Å²) in [6.07, 6.45) is 1.70. The number of amides is 1. The van der Waals surface area contributed by atoms with Crippen LogP contribution in [-0.2, 0) is 4.74 Å². The van der Waals surface area contributed by atoms with Crippen molar-refractivity contribution in [1.29, 1.82) is 0 Å². The molecule has 0 aromatic heterocycles. The Morgan fingerprint density at radius 1 is 1.58 bits per heavy atom. The van der Waals surface area contributed by atoms with Crippen molar-refractivity contribution in [3.05, 3.63) is 28.0 Å².